The molecule has 0 saturated heterocycles. The Morgan fingerprint density at radius 2 is 1.90 bits per heavy atom. The molecule has 1 aromatic heterocycles. The Kier molecular flexibility index (Phi) is 3.16. The van der Waals surface area contributed by atoms with Gasteiger partial charge in [0.15, 0.2) is 0 Å². The summed E-state index contributed by atoms with van der Waals surface area (Å²) in [5, 5.41) is 28.4. The first-order valence-electron chi connectivity index (χ1n) is 5.66. The zero-order valence-corrected chi connectivity index (χ0v) is 10.6. The highest BCUT2D eigenvalue weighted by Crippen LogP contribution is 2.36. The van der Waals surface area contributed by atoms with Crippen LogP contribution in [0.3, 0.4) is 0 Å². The molecule has 0 aliphatic carbocycles. The van der Waals surface area contributed by atoms with Crippen LogP contribution in [-0.4, -0.2) is 10.1 Å². The number of benzene rings is 1. The average Bonchev–Trinajstić information content (AvgIpc) is 2.41. The van der Waals surface area contributed by atoms with Crippen LogP contribution in [0.2, 0.25) is 0 Å². The van der Waals surface area contributed by atoms with Gasteiger partial charge in [-0.15, -0.1) is 0 Å². The number of nitrogens with two attached hydrogens (primary N) is 1. The summed E-state index contributed by atoms with van der Waals surface area (Å²) in [6.45, 7) is 1.67. The number of anilines is 1. The number of rotatable bonds is 1. The van der Waals surface area contributed by atoms with E-state index in [1.807, 2.05) is 6.07 Å². The van der Waals surface area contributed by atoms with Crippen molar-refractivity contribution in [2.45, 2.75) is 6.92 Å². The fraction of sp³-hybridized carbons (Fsp3) is 0.0714. The van der Waals surface area contributed by atoms with Gasteiger partial charge in [-0.3, -0.25) is 4.79 Å². The van der Waals surface area contributed by atoms with E-state index >= 15 is 0 Å². The molecule has 0 atom stereocenters. The summed E-state index contributed by atoms with van der Waals surface area (Å²) in [7, 11) is 0. The van der Waals surface area contributed by atoms with Gasteiger partial charge >= 0.3 is 0 Å². The molecule has 0 bridgehead atoms. The highest BCUT2D eigenvalue weighted by atomic mass is 16.3. The van der Waals surface area contributed by atoms with Gasteiger partial charge in [-0.1, -0.05) is 18.2 Å². The fourth-order valence-corrected chi connectivity index (χ4v) is 1.97. The number of para-hydroxylation sites is 1. The van der Waals surface area contributed by atoms with Crippen LogP contribution >= 0.6 is 0 Å². The number of nitrogens with zero attached hydrogens (tertiary/aromatic N) is 2. The molecule has 20 heavy (non-hydrogen) atoms. The summed E-state index contributed by atoms with van der Waals surface area (Å²) in [5.41, 5.74) is 5.47. The van der Waals surface area contributed by atoms with Crippen LogP contribution in [0.4, 0.5) is 5.82 Å². The number of hydrogen-bond acceptors (Lipinski definition) is 5. The number of aromatic nitrogens is 1. The van der Waals surface area contributed by atoms with Gasteiger partial charge in [0.25, 0.3) is 5.56 Å². The molecule has 0 aliphatic rings. The molecule has 0 spiro atoms. The molecule has 98 valence electrons. The maximum Gasteiger partial charge on any atom is 0.268 e. The second-order valence-corrected chi connectivity index (χ2v) is 4.19. The van der Waals surface area contributed by atoms with E-state index in [9.17, 15) is 15.2 Å². The van der Waals surface area contributed by atoms with E-state index in [-0.39, 0.29) is 33.8 Å². The van der Waals surface area contributed by atoms with Crippen LogP contribution in [0.15, 0.2) is 23.0 Å². The smallest absolute Gasteiger partial charge is 0.268 e. The number of phenolic OH excluding ortho intramolecular Hbond substituents is 1. The van der Waals surface area contributed by atoms with Crippen molar-refractivity contribution in [1.29, 1.82) is 10.5 Å². The fourth-order valence-electron chi connectivity index (χ4n) is 1.97. The minimum Gasteiger partial charge on any atom is -0.507 e. The number of nitrogen functional groups attached to an aromatic ring is 1. The van der Waals surface area contributed by atoms with E-state index in [1.54, 1.807) is 25.1 Å². The molecule has 6 nitrogen and oxygen atoms in total. The normalized spacial score (nSPS) is 9.75. The number of aryl methyl sites for hydroxylation is 1. The number of aromatic hydroxyl groups is 1. The number of nitrogens with one attached hydrogen (secondary N) is 1. The topological polar surface area (TPSA) is 127 Å². The molecule has 0 fully saturated rings. The third-order valence-corrected chi connectivity index (χ3v) is 2.98. The van der Waals surface area contributed by atoms with Crippen LogP contribution in [0, 0.1) is 29.6 Å². The van der Waals surface area contributed by atoms with Gasteiger partial charge in [-0.05, 0) is 12.5 Å². The van der Waals surface area contributed by atoms with Crippen molar-refractivity contribution < 1.29 is 5.11 Å². The second kappa shape index (κ2) is 4.79. The molecule has 0 amide bonds. The molecule has 0 unspecified atom stereocenters. The van der Waals surface area contributed by atoms with Crippen molar-refractivity contribution >= 4 is 5.82 Å². The van der Waals surface area contributed by atoms with E-state index in [0.29, 0.717) is 5.56 Å². The van der Waals surface area contributed by atoms with E-state index in [1.165, 1.54) is 6.07 Å². The number of phenols is 1. The molecule has 4 N–H and O–H groups in total. The molecule has 0 radical (unpaired) electrons. The highest BCUT2D eigenvalue weighted by Gasteiger charge is 2.20. The first kappa shape index (κ1) is 13.2. The lowest BCUT2D eigenvalue weighted by Gasteiger charge is -2.11. The van der Waals surface area contributed by atoms with Crippen LogP contribution in [-0.2, 0) is 0 Å². The van der Waals surface area contributed by atoms with Crippen molar-refractivity contribution in [2.24, 2.45) is 0 Å². The van der Waals surface area contributed by atoms with Crippen molar-refractivity contribution in [3.8, 4) is 29.0 Å². The van der Waals surface area contributed by atoms with Gasteiger partial charge in [0.05, 0.1) is 0 Å². The molecular formula is C14H10N4O2. The first-order valence-corrected chi connectivity index (χ1v) is 5.66. The summed E-state index contributed by atoms with van der Waals surface area (Å²) in [6, 6.07) is 8.46. The number of hydrogen-bond donors (Lipinski definition) is 3. The first-order chi connectivity index (χ1) is 9.51. The summed E-state index contributed by atoms with van der Waals surface area (Å²) in [6.07, 6.45) is 0. The lowest BCUT2D eigenvalue weighted by molar-refractivity contribution is 0.473. The standard InChI is InChI=1S/C14H10N4O2/c1-7-3-2-4-8(12(7)19)11-9(5-15)13(17)18-14(20)10(11)6-16/h2-4,19H,1H3,(H3,17,18,20). The Morgan fingerprint density at radius 1 is 1.25 bits per heavy atom. The van der Waals surface area contributed by atoms with Crippen molar-refractivity contribution in [1.82, 2.24) is 4.98 Å². The quantitative estimate of drug-likeness (QED) is 0.718. The molecule has 1 aromatic carbocycles. The SMILES string of the molecule is Cc1cccc(-c2c(C#N)c(N)[nH]c(=O)c2C#N)c1O. The summed E-state index contributed by atoms with van der Waals surface area (Å²) >= 11 is 0. The van der Waals surface area contributed by atoms with Gasteiger partial charge in [-0.2, -0.15) is 10.5 Å². The van der Waals surface area contributed by atoms with Gasteiger partial charge in [-0.25, -0.2) is 0 Å². The maximum absolute atomic E-state index is 11.8. The van der Waals surface area contributed by atoms with Crippen LogP contribution in [0.25, 0.3) is 11.1 Å². The minimum absolute atomic E-state index is 0.0398. The molecule has 2 rings (SSSR count). The predicted molar refractivity (Wildman–Crippen MR) is 72.7 cm³/mol. The highest BCUT2D eigenvalue weighted by molar-refractivity contribution is 5.83. The summed E-state index contributed by atoms with van der Waals surface area (Å²) in [4.78, 5) is 14.0. The monoisotopic (exact) mass is 266 g/mol. The van der Waals surface area contributed by atoms with Gasteiger partial charge < -0.3 is 15.8 Å². The third kappa shape index (κ3) is 1.86. The minimum atomic E-state index is -0.695. The van der Waals surface area contributed by atoms with Crippen molar-refractivity contribution in [2.75, 3.05) is 5.73 Å². The lowest BCUT2D eigenvalue weighted by Crippen LogP contribution is -2.16. The van der Waals surface area contributed by atoms with Gasteiger partial charge in [0, 0.05) is 11.1 Å². The molecular weight excluding hydrogens is 256 g/mol. The second-order valence-electron chi connectivity index (χ2n) is 4.19. The number of aromatic amines is 1. The van der Waals surface area contributed by atoms with E-state index in [2.05, 4.69) is 4.98 Å². The predicted octanol–water partition coefficient (Wildman–Crippen LogP) is 1.38. The molecule has 0 aliphatic heterocycles. The largest absolute Gasteiger partial charge is 0.507 e. The number of pyridine rings is 1. The molecule has 0 saturated carbocycles. The Balaban J connectivity index is 3.01. The van der Waals surface area contributed by atoms with Crippen LogP contribution < -0.4 is 11.3 Å². The summed E-state index contributed by atoms with van der Waals surface area (Å²) in [5.74, 6) is -0.224. The third-order valence-electron chi connectivity index (χ3n) is 2.98. The maximum atomic E-state index is 11.8. The van der Waals surface area contributed by atoms with Crippen LogP contribution in [0.5, 0.6) is 5.75 Å². The average molecular weight is 266 g/mol. The van der Waals surface area contributed by atoms with E-state index < -0.39 is 5.56 Å². The molecule has 1 heterocycles. The Labute approximate surface area is 114 Å². The summed E-state index contributed by atoms with van der Waals surface area (Å²) < 4.78 is 0. The van der Waals surface area contributed by atoms with Crippen LogP contribution in [0.1, 0.15) is 16.7 Å². The molecule has 2 aromatic rings. The van der Waals surface area contributed by atoms with Gasteiger partial charge in [0.2, 0.25) is 0 Å². The van der Waals surface area contributed by atoms with E-state index in [4.69, 9.17) is 11.0 Å². The molecule has 6 heteroatoms. The number of nitriles is 2. The lowest BCUT2D eigenvalue weighted by atomic mass is 9.94. The van der Waals surface area contributed by atoms with Gasteiger partial charge in [0.1, 0.15) is 34.8 Å². The zero-order valence-electron chi connectivity index (χ0n) is 10.6. The number of H-pyrrole nitrogens is 1. The van der Waals surface area contributed by atoms with E-state index in [0.717, 1.165) is 0 Å². The van der Waals surface area contributed by atoms with Crippen molar-refractivity contribution in [3.63, 3.8) is 0 Å². The zero-order chi connectivity index (χ0) is 14.9. The Hall–Kier alpha value is -3.25. The van der Waals surface area contributed by atoms with Crippen molar-refractivity contribution in [3.05, 3.63) is 45.2 Å². The Morgan fingerprint density at radius 3 is 2.50 bits per heavy atom. The Bertz CT molecular complexity index is 838.